The molecule has 0 radical (unpaired) electrons. The summed E-state index contributed by atoms with van der Waals surface area (Å²) in [6.07, 6.45) is 1.50. The van der Waals surface area contributed by atoms with E-state index in [0.717, 1.165) is 0 Å². The second-order valence-corrected chi connectivity index (χ2v) is 3.59. The fourth-order valence-corrected chi connectivity index (χ4v) is 1.44. The molecular formula is C11H18N4O3. The minimum Gasteiger partial charge on any atom is -0.395 e. The van der Waals surface area contributed by atoms with Crippen LogP contribution in [0, 0.1) is 0 Å². The third-order valence-corrected chi connectivity index (χ3v) is 2.28. The second-order valence-electron chi connectivity index (χ2n) is 3.59. The zero-order chi connectivity index (χ0) is 13.4. The molecule has 1 heterocycles. The summed E-state index contributed by atoms with van der Waals surface area (Å²) in [5.41, 5.74) is 5.74. The maximum absolute atomic E-state index is 11.1. The molecule has 0 aliphatic carbocycles. The first-order valence-electron chi connectivity index (χ1n) is 5.64. The number of nitrogens with two attached hydrogens (primary N) is 1. The normalized spacial score (nSPS) is 10.2. The highest BCUT2D eigenvalue weighted by Crippen LogP contribution is 2.13. The lowest BCUT2D eigenvalue weighted by molar-refractivity contribution is -0.114. The minimum absolute atomic E-state index is 0.0205. The molecule has 7 heteroatoms. The summed E-state index contributed by atoms with van der Waals surface area (Å²) in [6, 6.07) is 3.40. The fourth-order valence-electron chi connectivity index (χ4n) is 1.44. The summed E-state index contributed by atoms with van der Waals surface area (Å²) in [6.45, 7) is 0.660. The number of pyridine rings is 1. The number of anilines is 2. The van der Waals surface area contributed by atoms with Crippen LogP contribution in [0.25, 0.3) is 0 Å². The lowest BCUT2D eigenvalue weighted by atomic mass is 10.3. The molecule has 0 aromatic carbocycles. The van der Waals surface area contributed by atoms with Crippen LogP contribution in [0.1, 0.15) is 0 Å². The number of nitrogens with one attached hydrogen (secondary N) is 1. The third-order valence-electron chi connectivity index (χ3n) is 2.28. The predicted molar refractivity (Wildman–Crippen MR) is 68.3 cm³/mol. The fraction of sp³-hybridized carbons (Fsp3) is 0.455. The third kappa shape index (κ3) is 4.28. The molecule has 0 bridgehead atoms. The van der Waals surface area contributed by atoms with Gasteiger partial charge < -0.3 is 26.2 Å². The smallest absolute Gasteiger partial charge is 0.238 e. The van der Waals surface area contributed by atoms with Crippen LogP contribution >= 0.6 is 0 Å². The van der Waals surface area contributed by atoms with E-state index in [4.69, 9.17) is 15.9 Å². The van der Waals surface area contributed by atoms with Crippen LogP contribution in [-0.2, 0) is 4.79 Å². The Morgan fingerprint density at radius 1 is 1.33 bits per heavy atom. The molecule has 0 fully saturated rings. The molecular weight excluding hydrogens is 236 g/mol. The average Bonchev–Trinajstić information content (AvgIpc) is 2.39. The van der Waals surface area contributed by atoms with Crippen LogP contribution in [0.2, 0.25) is 0 Å². The number of carbonyl (C=O) groups is 1. The minimum atomic E-state index is -0.285. The molecule has 18 heavy (non-hydrogen) atoms. The van der Waals surface area contributed by atoms with Gasteiger partial charge in [-0.25, -0.2) is 4.98 Å². The Bertz CT molecular complexity index is 363. The van der Waals surface area contributed by atoms with Crippen molar-refractivity contribution in [3.8, 4) is 0 Å². The van der Waals surface area contributed by atoms with Gasteiger partial charge in [0.2, 0.25) is 5.91 Å². The summed E-state index contributed by atoms with van der Waals surface area (Å²) >= 11 is 0. The van der Waals surface area contributed by atoms with Crippen molar-refractivity contribution in [3.63, 3.8) is 0 Å². The van der Waals surface area contributed by atoms with E-state index < -0.39 is 0 Å². The number of hydrogen-bond donors (Lipinski definition) is 4. The summed E-state index contributed by atoms with van der Waals surface area (Å²) in [7, 11) is 0. The predicted octanol–water partition coefficient (Wildman–Crippen LogP) is -1.23. The molecule has 0 aliphatic heterocycles. The lowest BCUT2D eigenvalue weighted by Gasteiger charge is -2.21. The van der Waals surface area contributed by atoms with Gasteiger partial charge in [-0.1, -0.05) is 0 Å². The average molecular weight is 254 g/mol. The maximum atomic E-state index is 11.1. The van der Waals surface area contributed by atoms with Crippen molar-refractivity contribution in [1.29, 1.82) is 0 Å². The first-order chi connectivity index (χ1) is 8.71. The number of nitrogens with zero attached hydrogens (tertiary/aromatic N) is 2. The van der Waals surface area contributed by atoms with E-state index >= 15 is 0 Å². The van der Waals surface area contributed by atoms with E-state index in [-0.39, 0.29) is 25.7 Å². The second kappa shape index (κ2) is 7.59. The van der Waals surface area contributed by atoms with E-state index in [9.17, 15) is 4.79 Å². The molecule has 1 aromatic rings. The number of rotatable bonds is 7. The number of hydrogen-bond acceptors (Lipinski definition) is 6. The van der Waals surface area contributed by atoms with Crippen LogP contribution in [0.3, 0.4) is 0 Å². The van der Waals surface area contributed by atoms with Gasteiger partial charge in [0.05, 0.1) is 31.6 Å². The number of aliphatic hydroxyl groups is 2. The summed E-state index contributed by atoms with van der Waals surface area (Å²) < 4.78 is 0. The summed E-state index contributed by atoms with van der Waals surface area (Å²) in [5.74, 6) is 0.343. The topological polar surface area (TPSA) is 112 Å². The Morgan fingerprint density at radius 3 is 2.44 bits per heavy atom. The Kier molecular flexibility index (Phi) is 6.06. The van der Waals surface area contributed by atoms with E-state index in [1.807, 2.05) is 0 Å². The Balaban J connectivity index is 2.70. The molecule has 0 unspecified atom stereocenters. The molecule has 0 saturated carbocycles. The first-order valence-corrected chi connectivity index (χ1v) is 5.64. The maximum Gasteiger partial charge on any atom is 0.238 e. The van der Waals surface area contributed by atoms with Crippen molar-refractivity contribution in [2.45, 2.75) is 0 Å². The molecule has 0 saturated heterocycles. The van der Waals surface area contributed by atoms with Gasteiger partial charge in [0.15, 0.2) is 0 Å². The van der Waals surface area contributed by atoms with Crippen molar-refractivity contribution in [3.05, 3.63) is 18.3 Å². The van der Waals surface area contributed by atoms with Gasteiger partial charge in [0, 0.05) is 13.1 Å². The number of carbonyl (C=O) groups excluding carboxylic acids is 1. The molecule has 7 nitrogen and oxygen atoms in total. The van der Waals surface area contributed by atoms with E-state index in [1.54, 1.807) is 17.0 Å². The highest BCUT2D eigenvalue weighted by molar-refractivity contribution is 5.91. The summed E-state index contributed by atoms with van der Waals surface area (Å²) in [4.78, 5) is 17.0. The zero-order valence-corrected chi connectivity index (χ0v) is 10.0. The van der Waals surface area contributed by atoms with Crippen molar-refractivity contribution in [2.24, 2.45) is 5.73 Å². The van der Waals surface area contributed by atoms with Gasteiger partial charge in [-0.15, -0.1) is 0 Å². The number of amides is 1. The quantitative estimate of drug-likeness (QED) is 0.485. The molecule has 0 atom stereocenters. The summed E-state index contributed by atoms with van der Waals surface area (Å²) in [5, 5.41) is 20.4. The molecule has 1 rings (SSSR count). The van der Waals surface area contributed by atoms with Crippen LogP contribution < -0.4 is 16.0 Å². The van der Waals surface area contributed by atoms with Crippen LogP contribution in [0.5, 0.6) is 0 Å². The van der Waals surface area contributed by atoms with E-state index in [0.29, 0.717) is 24.6 Å². The van der Waals surface area contributed by atoms with Crippen molar-refractivity contribution < 1.29 is 15.0 Å². The SMILES string of the molecule is NCC(=O)Nc1ccc(N(CCO)CCO)nc1. The number of aromatic nitrogens is 1. The molecule has 0 spiro atoms. The first kappa shape index (κ1) is 14.4. The van der Waals surface area contributed by atoms with E-state index in [2.05, 4.69) is 10.3 Å². The van der Waals surface area contributed by atoms with Gasteiger partial charge in [0.1, 0.15) is 5.82 Å². The largest absolute Gasteiger partial charge is 0.395 e. The lowest BCUT2D eigenvalue weighted by Crippen LogP contribution is -2.30. The van der Waals surface area contributed by atoms with Gasteiger partial charge in [-0.3, -0.25) is 4.79 Å². The molecule has 100 valence electrons. The van der Waals surface area contributed by atoms with Gasteiger partial charge >= 0.3 is 0 Å². The molecule has 1 amide bonds. The standard InChI is InChI=1S/C11H18N4O3/c12-7-11(18)14-9-1-2-10(13-8-9)15(3-5-16)4-6-17/h1-2,8,16-17H,3-7,12H2,(H,14,18). The zero-order valence-electron chi connectivity index (χ0n) is 10.0. The Morgan fingerprint density at radius 2 is 2.00 bits per heavy atom. The Hall–Kier alpha value is -1.70. The van der Waals surface area contributed by atoms with Crippen molar-refractivity contribution in [1.82, 2.24) is 4.98 Å². The molecule has 1 aromatic heterocycles. The monoisotopic (exact) mass is 254 g/mol. The van der Waals surface area contributed by atoms with Gasteiger partial charge in [-0.05, 0) is 12.1 Å². The van der Waals surface area contributed by atoms with Gasteiger partial charge in [0.25, 0.3) is 0 Å². The molecule has 0 aliphatic rings. The molecule has 5 N–H and O–H groups in total. The van der Waals surface area contributed by atoms with Crippen molar-refractivity contribution >= 4 is 17.4 Å². The van der Waals surface area contributed by atoms with Crippen LogP contribution in [-0.4, -0.2) is 54.0 Å². The highest BCUT2D eigenvalue weighted by atomic mass is 16.3. The highest BCUT2D eigenvalue weighted by Gasteiger charge is 2.07. The number of aliphatic hydroxyl groups excluding tert-OH is 2. The van der Waals surface area contributed by atoms with Gasteiger partial charge in [-0.2, -0.15) is 0 Å². The van der Waals surface area contributed by atoms with E-state index in [1.165, 1.54) is 6.20 Å². The van der Waals surface area contributed by atoms with Crippen molar-refractivity contribution in [2.75, 3.05) is 43.1 Å². The van der Waals surface area contributed by atoms with Crippen LogP contribution in [0.4, 0.5) is 11.5 Å². The Labute approximate surface area is 105 Å². The van der Waals surface area contributed by atoms with Crippen LogP contribution in [0.15, 0.2) is 18.3 Å².